The largest absolute Gasteiger partial charge is 0.381 e. The molecule has 0 spiro atoms. The zero-order valence-corrected chi connectivity index (χ0v) is 11.0. The maximum Gasteiger partial charge on any atom is 0.129 e. The number of ether oxygens (including phenoxy) is 1. The summed E-state index contributed by atoms with van der Waals surface area (Å²) in [5, 5.41) is 0. The number of nitrogens with one attached hydrogen (secondary N) is 1. The topological polar surface area (TPSA) is 47.3 Å². The van der Waals surface area contributed by atoms with Crippen LogP contribution < -0.4 is 11.3 Å². The predicted octanol–water partition coefficient (Wildman–Crippen LogP) is 2.52. The van der Waals surface area contributed by atoms with Gasteiger partial charge in [-0.3, -0.25) is 11.3 Å². The van der Waals surface area contributed by atoms with E-state index in [0.717, 1.165) is 23.9 Å². The van der Waals surface area contributed by atoms with Crippen molar-refractivity contribution in [2.75, 3.05) is 13.2 Å². The van der Waals surface area contributed by atoms with Crippen molar-refractivity contribution in [3.8, 4) is 0 Å². The molecular formula is C12H16BrFN2O. The van der Waals surface area contributed by atoms with Crippen molar-refractivity contribution in [1.29, 1.82) is 0 Å². The summed E-state index contributed by atoms with van der Waals surface area (Å²) in [5.74, 6) is 5.55. The molecule has 3 nitrogen and oxygen atoms in total. The van der Waals surface area contributed by atoms with Crippen molar-refractivity contribution in [2.45, 2.75) is 18.9 Å². The highest BCUT2D eigenvalue weighted by atomic mass is 79.9. The summed E-state index contributed by atoms with van der Waals surface area (Å²) >= 11 is 3.38. The molecule has 0 saturated carbocycles. The van der Waals surface area contributed by atoms with Crippen molar-refractivity contribution in [2.24, 2.45) is 11.8 Å². The van der Waals surface area contributed by atoms with E-state index in [1.54, 1.807) is 6.07 Å². The Morgan fingerprint density at radius 2 is 2.35 bits per heavy atom. The molecular weight excluding hydrogens is 287 g/mol. The Hall–Kier alpha value is -0.490. The van der Waals surface area contributed by atoms with Gasteiger partial charge in [-0.05, 0) is 25.0 Å². The molecule has 0 radical (unpaired) electrons. The molecule has 2 unspecified atom stereocenters. The third-order valence-corrected chi connectivity index (χ3v) is 3.85. The second-order valence-corrected chi connectivity index (χ2v) is 5.11. The normalized spacial score (nSPS) is 22.4. The highest BCUT2D eigenvalue weighted by Crippen LogP contribution is 2.34. The minimum Gasteiger partial charge on any atom is -0.381 e. The van der Waals surface area contributed by atoms with E-state index in [2.05, 4.69) is 21.4 Å². The van der Waals surface area contributed by atoms with E-state index >= 15 is 0 Å². The van der Waals surface area contributed by atoms with Crippen molar-refractivity contribution in [1.82, 2.24) is 5.43 Å². The van der Waals surface area contributed by atoms with Gasteiger partial charge in [-0.15, -0.1) is 0 Å². The van der Waals surface area contributed by atoms with E-state index < -0.39 is 0 Å². The van der Waals surface area contributed by atoms with Gasteiger partial charge in [-0.2, -0.15) is 0 Å². The Morgan fingerprint density at radius 3 is 2.94 bits per heavy atom. The van der Waals surface area contributed by atoms with Crippen molar-refractivity contribution >= 4 is 15.9 Å². The van der Waals surface area contributed by atoms with Gasteiger partial charge in [-0.1, -0.05) is 22.0 Å². The summed E-state index contributed by atoms with van der Waals surface area (Å²) < 4.78 is 20.1. The van der Waals surface area contributed by atoms with Gasteiger partial charge in [0.2, 0.25) is 0 Å². The van der Waals surface area contributed by atoms with Crippen LogP contribution in [0.5, 0.6) is 0 Å². The summed E-state index contributed by atoms with van der Waals surface area (Å²) in [5.41, 5.74) is 3.31. The molecule has 1 aliphatic rings. The summed E-state index contributed by atoms with van der Waals surface area (Å²) in [6.45, 7) is 1.40. The van der Waals surface area contributed by atoms with Crippen LogP contribution >= 0.6 is 15.9 Å². The Labute approximate surface area is 109 Å². The van der Waals surface area contributed by atoms with E-state index in [9.17, 15) is 4.39 Å². The Bertz CT molecular complexity index is 363. The lowest BCUT2D eigenvalue weighted by atomic mass is 9.89. The first-order valence-corrected chi connectivity index (χ1v) is 6.51. The molecule has 5 heteroatoms. The van der Waals surface area contributed by atoms with E-state index in [0.29, 0.717) is 12.2 Å². The van der Waals surface area contributed by atoms with Crippen molar-refractivity contribution in [3.05, 3.63) is 34.1 Å². The lowest BCUT2D eigenvalue weighted by Gasteiger charge is -2.30. The van der Waals surface area contributed by atoms with Gasteiger partial charge in [-0.25, -0.2) is 4.39 Å². The molecule has 0 amide bonds. The Morgan fingerprint density at radius 1 is 1.53 bits per heavy atom. The lowest BCUT2D eigenvalue weighted by Crippen LogP contribution is -2.38. The molecule has 0 bridgehead atoms. The number of hydrogen-bond acceptors (Lipinski definition) is 3. The number of rotatable bonds is 3. The molecule has 1 heterocycles. The summed E-state index contributed by atoms with van der Waals surface area (Å²) in [7, 11) is 0. The standard InChI is InChI=1S/C12H16BrFN2O/c13-9-4-1-5-10(14)11(9)12(16-15)8-3-2-6-17-7-8/h1,4-5,8,12,16H,2-3,6-7,15H2. The summed E-state index contributed by atoms with van der Waals surface area (Å²) in [6.07, 6.45) is 1.99. The third kappa shape index (κ3) is 2.85. The molecule has 1 aliphatic heterocycles. The SMILES string of the molecule is NNC(c1c(F)cccc1Br)C1CCCOC1. The predicted molar refractivity (Wildman–Crippen MR) is 67.7 cm³/mol. The van der Waals surface area contributed by atoms with E-state index in [1.165, 1.54) is 6.07 Å². The minimum absolute atomic E-state index is 0.210. The van der Waals surface area contributed by atoms with E-state index in [1.807, 2.05) is 6.07 Å². The average molecular weight is 303 g/mol. The minimum atomic E-state index is -0.243. The number of nitrogens with two attached hydrogens (primary N) is 1. The molecule has 2 atom stereocenters. The molecule has 1 saturated heterocycles. The molecule has 17 heavy (non-hydrogen) atoms. The molecule has 0 aromatic heterocycles. The quantitative estimate of drug-likeness (QED) is 0.666. The number of hydrazine groups is 1. The number of benzene rings is 1. The fourth-order valence-corrected chi connectivity index (χ4v) is 2.88. The van der Waals surface area contributed by atoms with Gasteiger partial charge in [0.05, 0.1) is 12.6 Å². The molecule has 1 aromatic rings. The first kappa shape index (κ1) is 13.0. The number of halogens is 2. The molecule has 94 valence electrons. The van der Waals surface area contributed by atoms with Gasteiger partial charge in [0.15, 0.2) is 0 Å². The van der Waals surface area contributed by atoms with Gasteiger partial charge >= 0.3 is 0 Å². The van der Waals surface area contributed by atoms with Crippen LogP contribution in [-0.4, -0.2) is 13.2 Å². The van der Waals surface area contributed by atoms with Gasteiger partial charge in [0.1, 0.15) is 5.82 Å². The lowest BCUT2D eigenvalue weighted by molar-refractivity contribution is 0.0384. The second-order valence-electron chi connectivity index (χ2n) is 4.26. The fraction of sp³-hybridized carbons (Fsp3) is 0.500. The molecule has 2 rings (SSSR count). The van der Waals surface area contributed by atoms with Crippen LogP contribution in [0.25, 0.3) is 0 Å². The van der Waals surface area contributed by atoms with Crippen LogP contribution in [0.4, 0.5) is 4.39 Å². The van der Waals surface area contributed by atoms with Gasteiger partial charge < -0.3 is 4.74 Å². The highest BCUT2D eigenvalue weighted by molar-refractivity contribution is 9.10. The monoisotopic (exact) mass is 302 g/mol. The van der Waals surface area contributed by atoms with Gasteiger partial charge in [0, 0.05) is 22.6 Å². The Kier molecular flexibility index (Phi) is 4.50. The number of hydrogen-bond donors (Lipinski definition) is 2. The third-order valence-electron chi connectivity index (χ3n) is 3.16. The van der Waals surface area contributed by atoms with Crippen LogP contribution in [-0.2, 0) is 4.74 Å². The second kappa shape index (κ2) is 5.91. The maximum atomic E-state index is 13.9. The maximum absolute atomic E-state index is 13.9. The van der Waals surface area contributed by atoms with Gasteiger partial charge in [0.25, 0.3) is 0 Å². The summed E-state index contributed by atoms with van der Waals surface area (Å²) in [6, 6.07) is 4.74. The average Bonchev–Trinajstić information content (AvgIpc) is 2.35. The molecule has 1 aromatic carbocycles. The van der Waals surface area contributed by atoms with Crippen LogP contribution in [0.2, 0.25) is 0 Å². The first-order chi connectivity index (χ1) is 8.24. The van der Waals surface area contributed by atoms with E-state index in [-0.39, 0.29) is 17.8 Å². The molecule has 1 fully saturated rings. The molecule has 3 N–H and O–H groups in total. The van der Waals surface area contributed by atoms with Crippen molar-refractivity contribution < 1.29 is 9.13 Å². The first-order valence-electron chi connectivity index (χ1n) is 5.72. The molecule has 0 aliphatic carbocycles. The van der Waals surface area contributed by atoms with Crippen LogP contribution in [0.3, 0.4) is 0 Å². The smallest absolute Gasteiger partial charge is 0.129 e. The van der Waals surface area contributed by atoms with E-state index in [4.69, 9.17) is 10.6 Å². The van der Waals surface area contributed by atoms with Crippen LogP contribution in [0.15, 0.2) is 22.7 Å². The van der Waals surface area contributed by atoms with Crippen LogP contribution in [0.1, 0.15) is 24.4 Å². The highest BCUT2D eigenvalue weighted by Gasteiger charge is 2.28. The summed E-state index contributed by atoms with van der Waals surface area (Å²) in [4.78, 5) is 0. The fourth-order valence-electron chi connectivity index (χ4n) is 2.29. The van der Waals surface area contributed by atoms with Crippen molar-refractivity contribution in [3.63, 3.8) is 0 Å². The zero-order valence-electron chi connectivity index (χ0n) is 9.46. The zero-order chi connectivity index (χ0) is 12.3. The van der Waals surface area contributed by atoms with Crippen LogP contribution in [0, 0.1) is 11.7 Å². The Balaban J connectivity index is 2.27.